The van der Waals surface area contributed by atoms with E-state index in [9.17, 15) is 0 Å². The second kappa shape index (κ2) is 33.0. The summed E-state index contributed by atoms with van der Waals surface area (Å²) < 4.78 is 6.17. The molecule has 43 heavy (non-hydrogen) atoms. The van der Waals surface area contributed by atoms with Crippen molar-refractivity contribution in [2.75, 3.05) is 0 Å². The zero-order valence-corrected chi connectivity index (χ0v) is 42.3. The van der Waals surface area contributed by atoms with Crippen molar-refractivity contribution in [1.29, 1.82) is 0 Å². The minimum atomic E-state index is 0.870. The van der Waals surface area contributed by atoms with E-state index in [-0.39, 0.29) is 0 Å². The van der Waals surface area contributed by atoms with Crippen LogP contribution >= 0.6 is 158 Å². The zero-order valence-electron chi connectivity index (χ0n) is 27.2. The van der Waals surface area contributed by atoms with Gasteiger partial charge in [0.15, 0.2) is 0 Å². The van der Waals surface area contributed by atoms with Crippen LogP contribution in [0.15, 0.2) is 0 Å². The van der Waals surface area contributed by atoms with Gasteiger partial charge in [-0.25, -0.2) is 0 Å². The number of halogens is 7. The fraction of sp³-hybridized carbons (Fsp3) is 1.00. The van der Waals surface area contributed by atoms with Gasteiger partial charge in [-0.2, -0.15) is 0 Å². The summed E-state index contributed by atoms with van der Waals surface area (Å²) in [6.45, 7) is 0. The van der Waals surface area contributed by atoms with Crippen LogP contribution in [0.2, 0.25) is 0 Å². The Morgan fingerprint density at radius 3 is 0.442 bits per heavy atom. The Morgan fingerprint density at radius 2 is 0.279 bits per heavy atom. The third kappa shape index (κ3) is 31.6. The number of hydrogen-bond acceptors (Lipinski definition) is 0. The quantitative estimate of drug-likeness (QED) is 0.168. The molecule has 0 nitrogen and oxygen atoms in total. The highest BCUT2D eigenvalue weighted by atomic mass is 127. The first-order valence-electron chi connectivity index (χ1n) is 18.2. The second-order valence-corrected chi connectivity index (χ2v) is 25.9. The standard InChI is InChI=1S/C36H65I7/c37-30-16-14-12-10-8-6-4-2-1-3-5-7-9-11-13-15-17-31(38)19-21-33(40)23-25-35(42)27-29-36(43)28-26-34(41)24-22-32(39)20-18-30/h30-36H,1-29H2. The van der Waals surface area contributed by atoms with Gasteiger partial charge in [0.05, 0.1) is 0 Å². The van der Waals surface area contributed by atoms with Crippen LogP contribution in [0.5, 0.6) is 0 Å². The van der Waals surface area contributed by atoms with E-state index in [1.165, 1.54) is 186 Å². The van der Waals surface area contributed by atoms with Crippen molar-refractivity contribution in [2.45, 2.75) is 214 Å². The van der Waals surface area contributed by atoms with Gasteiger partial charge in [-0.05, 0) is 89.9 Å². The van der Waals surface area contributed by atoms with Crippen LogP contribution < -0.4 is 0 Å². The van der Waals surface area contributed by atoms with E-state index >= 15 is 0 Å². The van der Waals surface area contributed by atoms with Gasteiger partial charge in [-0.15, -0.1) is 0 Å². The predicted octanol–water partition coefficient (Wildman–Crippen LogP) is 16.9. The largest absolute Gasteiger partial charge is 0.0826 e. The minimum Gasteiger partial charge on any atom is -0.0826 e. The molecule has 0 aromatic rings. The lowest BCUT2D eigenvalue weighted by Crippen LogP contribution is -2.11. The molecule has 6 unspecified atom stereocenters. The highest BCUT2D eigenvalue weighted by Crippen LogP contribution is 2.30. The zero-order chi connectivity index (χ0) is 31.5. The van der Waals surface area contributed by atoms with Gasteiger partial charge in [0.1, 0.15) is 0 Å². The second-order valence-electron chi connectivity index (χ2n) is 13.5. The lowest BCUT2D eigenvalue weighted by Gasteiger charge is -2.18. The van der Waals surface area contributed by atoms with Crippen LogP contribution in [0.4, 0.5) is 0 Å². The van der Waals surface area contributed by atoms with Crippen molar-refractivity contribution in [3.63, 3.8) is 0 Å². The van der Waals surface area contributed by atoms with E-state index in [1.54, 1.807) is 0 Å². The molecule has 0 aromatic carbocycles. The van der Waals surface area contributed by atoms with E-state index in [4.69, 9.17) is 0 Å². The molecule has 7 heteroatoms. The molecule has 0 amide bonds. The molecule has 1 aliphatic rings. The monoisotopic (exact) mass is 1390 g/mol. The number of hydrogen-bond donors (Lipinski definition) is 0. The summed E-state index contributed by atoms with van der Waals surface area (Å²) in [5.74, 6) is 0. The van der Waals surface area contributed by atoms with E-state index in [1.807, 2.05) is 0 Å². The molecule has 0 bridgehead atoms. The molecule has 0 saturated heterocycles. The Bertz CT molecular complexity index is 544. The fourth-order valence-corrected chi connectivity index (χ4v) is 11.4. The van der Waals surface area contributed by atoms with Crippen molar-refractivity contribution < 1.29 is 0 Å². The Balaban J connectivity index is 2.35. The molecule has 6 atom stereocenters. The van der Waals surface area contributed by atoms with Crippen LogP contribution in [0.25, 0.3) is 0 Å². The van der Waals surface area contributed by atoms with Gasteiger partial charge in [0, 0.05) is 27.5 Å². The summed E-state index contributed by atoms with van der Waals surface area (Å²) in [5, 5.41) is 0. The van der Waals surface area contributed by atoms with Crippen LogP contribution in [-0.4, -0.2) is 27.5 Å². The first-order valence-corrected chi connectivity index (χ1v) is 27.0. The molecule has 258 valence electrons. The third-order valence-corrected chi connectivity index (χ3v) is 18.0. The number of alkyl halides is 7. The first kappa shape index (κ1) is 46.1. The molecule has 1 fully saturated rings. The van der Waals surface area contributed by atoms with Crippen LogP contribution in [0.1, 0.15) is 186 Å². The molecule has 0 radical (unpaired) electrons. The molecule has 0 aliphatic heterocycles. The highest BCUT2D eigenvalue weighted by Gasteiger charge is 2.16. The molecule has 0 spiro atoms. The highest BCUT2D eigenvalue weighted by molar-refractivity contribution is 14.1. The number of rotatable bonds is 0. The lowest BCUT2D eigenvalue weighted by atomic mass is 10.0. The van der Waals surface area contributed by atoms with Crippen LogP contribution in [0, 0.1) is 0 Å². The first-order chi connectivity index (χ1) is 20.8. The molecule has 0 aromatic heterocycles. The van der Waals surface area contributed by atoms with Crippen molar-refractivity contribution in [3.8, 4) is 0 Å². The maximum atomic E-state index is 2.77. The van der Waals surface area contributed by atoms with Gasteiger partial charge in [-0.1, -0.05) is 254 Å². The summed E-state index contributed by atoms with van der Waals surface area (Å²) in [4.78, 5) is 0. The fourth-order valence-electron chi connectivity index (χ4n) is 6.21. The Morgan fingerprint density at radius 1 is 0.163 bits per heavy atom. The SMILES string of the molecule is IC1CCCCCCCCCCCCCCCCCC(I)CCC(I)CCC(I)CCC(I)CCC(I)CCC(I)CC1. The molecule has 0 N–H and O–H groups in total. The van der Waals surface area contributed by atoms with Crippen LogP contribution in [-0.2, 0) is 0 Å². The summed E-state index contributed by atoms with van der Waals surface area (Å²) in [6, 6.07) is 0. The Kier molecular flexibility index (Phi) is 35.4. The maximum Gasteiger partial charge on any atom is 0.0110 e. The van der Waals surface area contributed by atoms with Gasteiger partial charge in [-0.3, -0.25) is 0 Å². The van der Waals surface area contributed by atoms with E-state index < -0.39 is 0 Å². The summed E-state index contributed by atoms with van der Waals surface area (Å²) in [5.41, 5.74) is 0. The molecule has 0 heterocycles. The average Bonchev–Trinajstić information content (AvgIpc) is 2.99. The molecular weight excluding hydrogens is 1320 g/mol. The van der Waals surface area contributed by atoms with Crippen molar-refractivity contribution in [1.82, 2.24) is 0 Å². The van der Waals surface area contributed by atoms with Gasteiger partial charge >= 0.3 is 0 Å². The van der Waals surface area contributed by atoms with Crippen molar-refractivity contribution in [3.05, 3.63) is 0 Å². The summed E-state index contributed by atoms with van der Waals surface area (Å²) in [7, 11) is 0. The molecule has 1 rings (SSSR count). The van der Waals surface area contributed by atoms with Crippen molar-refractivity contribution in [2.24, 2.45) is 0 Å². The Labute approximate surface area is 365 Å². The third-order valence-electron chi connectivity index (χ3n) is 9.29. The van der Waals surface area contributed by atoms with E-state index in [0.717, 1.165) is 27.5 Å². The van der Waals surface area contributed by atoms with Gasteiger partial charge in [0.25, 0.3) is 0 Å². The lowest BCUT2D eigenvalue weighted by molar-refractivity contribution is 0.520. The predicted molar refractivity (Wildman–Crippen MR) is 259 cm³/mol. The molecule has 1 aliphatic carbocycles. The van der Waals surface area contributed by atoms with E-state index in [2.05, 4.69) is 158 Å². The summed E-state index contributed by atoms with van der Waals surface area (Å²) >= 11 is 19.3. The van der Waals surface area contributed by atoms with Gasteiger partial charge in [0.2, 0.25) is 0 Å². The van der Waals surface area contributed by atoms with Gasteiger partial charge < -0.3 is 0 Å². The topological polar surface area (TPSA) is 0 Å². The van der Waals surface area contributed by atoms with Crippen molar-refractivity contribution >= 4 is 158 Å². The Hall–Kier alpha value is 5.11. The van der Waals surface area contributed by atoms with Crippen LogP contribution in [0.3, 0.4) is 0 Å². The summed E-state index contributed by atoms with van der Waals surface area (Å²) in [6.07, 6.45) is 42.2. The maximum absolute atomic E-state index is 2.77. The molecular formula is C36H65I7. The smallest absolute Gasteiger partial charge is 0.0110 e. The average molecular weight is 1390 g/mol. The normalized spacial score (nSPS) is 34.3. The molecule has 1 saturated carbocycles. The minimum absolute atomic E-state index is 0.870. The van der Waals surface area contributed by atoms with E-state index in [0.29, 0.717) is 0 Å².